The predicted molar refractivity (Wildman–Crippen MR) is 99.1 cm³/mol. The number of amides is 1. The smallest absolute Gasteiger partial charge is 0.291 e. The van der Waals surface area contributed by atoms with Crippen molar-refractivity contribution in [3.8, 4) is 5.75 Å². The molecule has 1 unspecified atom stereocenters. The fraction of sp³-hybridized carbons (Fsp3) is 0.550. The van der Waals surface area contributed by atoms with Crippen LogP contribution in [0.5, 0.6) is 5.75 Å². The van der Waals surface area contributed by atoms with Crippen molar-refractivity contribution in [3.63, 3.8) is 0 Å². The topological polar surface area (TPSA) is 71.7 Å². The first-order valence-corrected chi connectivity index (χ1v) is 9.89. The molecule has 27 heavy (non-hydrogen) atoms. The van der Waals surface area contributed by atoms with Gasteiger partial charge in [-0.2, -0.15) is 0 Å². The van der Waals surface area contributed by atoms with Crippen molar-refractivity contribution < 1.29 is 13.9 Å². The molecule has 1 aliphatic carbocycles. The van der Waals surface area contributed by atoms with Gasteiger partial charge < -0.3 is 19.0 Å². The fourth-order valence-corrected chi connectivity index (χ4v) is 4.04. The molecule has 4 heterocycles. The zero-order valence-electron chi connectivity index (χ0n) is 15.3. The molecule has 1 saturated carbocycles. The molecule has 0 radical (unpaired) electrons. The van der Waals surface area contributed by atoms with Crippen LogP contribution in [-0.4, -0.2) is 53.1 Å². The molecule has 2 saturated heterocycles. The number of hydrogen-bond donors (Lipinski definition) is 0. The van der Waals surface area contributed by atoms with Crippen LogP contribution in [-0.2, 0) is 0 Å². The number of pyridine rings is 1. The van der Waals surface area contributed by atoms with Crippen LogP contribution in [0.25, 0.3) is 0 Å². The van der Waals surface area contributed by atoms with Gasteiger partial charge in [0, 0.05) is 38.2 Å². The maximum absolute atomic E-state index is 12.9. The molecule has 2 aliphatic heterocycles. The van der Waals surface area contributed by atoms with E-state index in [-0.39, 0.29) is 12.0 Å². The van der Waals surface area contributed by atoms with Gasteiger partial charge in [-0.1, -0.05) is 0 Å². The SMILES string of the molecule is O=C(c1ocnc1C1CC1)N1CCC(Oc2cccnc2N2CCCC2)C1. The summed E-state index contributed by atoms with van der Waals surface area (Å²) < 4.78 is 11.7. The highest BCUT2D eigenvalue weighted by Crippen LogP contribution is 2.41. The highest BCUT2D eigenvalue weighted by molar-refractivity contribution is 5.93. The van der Waals surface area contributed by atoms with Crippen molar-refractivity contribution >= 4 is 11.7 Å². The number of carbonyl (C=O) groups excluding carboxylic acids is 1. The molecule has 7 nitrogen and oxygen atoms in total. The number of rotatable bonds is 5. The lowest BCUT2D eigenvalue weighted by atomic mass is 10.2. The van der Waals surface area contributed by atoms with Crippen LogP contribution in [0.15, 0.2) is 29.1 Å². The second-order valence-electron chi connectivity index (χ2n) is 7.64. The summed E-state index contributed by atoms with van der Waals surface area (Å²) >= 11 is 0. The minimum atomic E-state index is -0.0635. The molecule has 0 aromatic carbocycles. The Morgan fingerprint density at radius 1 is 1.15 bits per heavy atom. The van der Waals surface area contributed by atoms with Gasteiger partial charge in [-0.3, -0.25) is 4.79 Å². The lowest BCUT2D eigenvalue weighted by Gasteiger charge is -2.22. The van der Waals surface area contributed by atoms with Gasteiger partial charge in [0.05, 0.1) is 12.2 Å². The second kappa shape index (κ2) is 6.87. The van der Waals surface area contributed by atoms with E-state index in [0.717, 1.165) is 49.6 Å². The Labute approximate surface area is 158 Å². The Kier molecular flexibility index (Phi) is 4.22. The maximum atomic E-state index is 12.9. The van der Waals surface area contributed by atoms with E-state index in [9.17, 15) is 4.79 Å². The molecule has 0 spiro atoms. The summed E-state index contributed by atoms with van der Waals surface area (Å²) in [4.78, 5) is 25.7. The Hall–Kier alpha value is -2.57. The molecular weight excluding hydrogens is 344 g/mol. The third-order valence-corrected chi connectivity index (χ3v) is 5.64. The van der Waals surface area contributed by atoms with Crippen molar-refractivity contribution in [2.75, 3.05) is 31.1 Å². The van der Waals surface area contributed by atoms with E-state index < -0.39 is 0 Å². The first-order valence-electron chi connectivity index (χ1n) is 9.89. The van der Waals surface area contributed by atoms with E-state index in [1.165, 1.54) is 19.2 Å². The summed E-state index contributed by atoms with van der Waals surface area (Å²) in [7, 11) is 0. The Morgan fingerprint density at radius 3 is 2.81 bits per heavy atom. The quantitative estimate of drug-likeness (QED) is 0.808. The van der Waals surface area contributed by atoms with Crippen molar-refractivity contribution in [3.05, 3.63) is 36.2 Å². The Balaban J connectivity index is 1.26. The highest BCUT2D eigenvalue weighted by atomic mass is 16.5. The standard InChI is InChI=1S/C20H24N4O3/c25-20(18-17(14-5-6-14)22-13-26-18)24-11-7-15(12-24)27-16-4-3-8-21-19(16)23-9-1-2-10-23/h3-4,8,13-15H,1-2,5-7,9-12H2. The molecule has 3 fully saturated rings. The van der Waals surface area contributed by atoms with E-state index in [2.05, 4.69) is 14.9 Å². The summed E-state index contributed by atoms with van der Waals surface area (Å²) in [5.74, 6) is 2.49. The second-order valence-corrected chi connectivity index (χ2v) is 7.64. The number of hydrogen-bond acceptors (Lipinski definition) is 6. The number of likely N-dealkylation sites (tertiary alicyclic amines) is 1. The first kappa shape index (κ1) is 16.6. The average Bonchev–Trinajstić information content (AvgIpc) is 3.13. The Bertz CT molecular complexity index is 826. The van der Waals surface area contributed by atoms with Crippen molar-refractivity contribution in [1.29, 1.82) is 0 Å². The van der Waals surface area contributed by atoms with Gasteiger partial charge >= 0.3 is 0 Å². The third-order valence-electron chi connectivity index (χ3n) is 5.64. The molecule has 1 atom stereocenters. The molecule has 5 rings (SSSR count). The zero-order chi connectivity index (χ0) is 18.2. The van der Waals surface area contributed by atoms with Gasteiger partial charge in [0.25, 0.3) is 5.91 Å². The third kappa shape index (κ3) is 3.26. The number of aromatic nitrogens is 2. The van der Waals surface area contributed by atoms with Crippen LogP contribution < -0.4 is 9.64 Å². The lowest BCUT2D eigenvalue weighted by molar-refractivity contribution is 0.0739. The van der Waals surface area contributed by atoms with Gasteiger partial charge in [0.1, 0.15) is 6.10 Å². The van der Waals surface area contributed by atoms with Gasteiger partial charge in [-0.15, -0.1) is 0 Å². The van der Waals surface area contributed by atoms with Gasteiger partial charge in [0.15, 0.2) is 18.0 Å². The highest BCUT2D eigenvalue weighted by Gasteiger charge is 2.36. The fourth-order valence-electron chi connectivity index (χ4n) is 4.04. The minimum Gasteiger partial charge on any atom is -0.485 e. The summed E-state index contributed by atoms with van der Waals surface area (Å²) in [6, 6.07) is 3.88. The molecule has 0 N–H and O–H groups in total. The van der Waals surface area contributed by atoms with Crippen LogP contribution in [0.1, 0.15) is 54.3 Å². The van der Waals surface area contributed by atoms with E-state index in [4.69, 9.17) is 9.15 Å². The molecule has 3 aliphatic rings. The number of ether oxygens (including phenoxy) is 1. The van der Waals surface area contributed by atoms with Crippen LogP contribution in [0.2, 0.25) is 0 Å². The van der Waals surface area contributed by atoms with E-state index in [1.54, 1.807) is 0 Å². The molecule has 2 aromatic rings. The van der Waals surface area contributed by atoms with Crippen LogP contribution in [0.3, 0.4) is 0 Å². The van der Waals surface area contributed by atoms with Crippen molar-refractivity contribution in [2.45, 2.75) is 44.1 Å². The van der Waals surface area contributed by atoms with Crippen molar-refractivity contribution in [2.24, 2.45) is 0 Å². The Morgan fingerprint density at radius 2 is 2.00 bits per heavy atom. The molecule has 2 aromatic heterocycles. The first-order chi connectivity index (χ1) is 13.3. The van der Waals surface area contributed by atoms with Crippen LogP contribution in [0.4, 0.5) is 5.82 Å². The number of carbonyl (C=O) groups is 1. The largest absolute Gasteiger partial charge is 0.485 e. The van der Waals surface area contributed by atoms with E-state index in [0.29, 0.717) is 24.8 Å². The summed E-state index contributed by atoms with van der Waals surface area (Å²) in [5, 5.41) is 0. The number of oxazole rings is 1. The maximum Gasteiger partial charge on any atom is 0.291 e. The minimum absolute atomic E-state index is 0.0215. The normalized spacial score (nSPS) is 22.4. The number of anilines is 1. The monoisotopic (exact) mass is 368 g/mol. The summed E-state index contributed by atoms with van der Waals surface area (Å²) in [6.45, 7) is 3.29. The van der Waals surface area contributed by atoms with Crippen LogP contribution in [0, 0.1) is 0 Å². The number of nitrogens with zero attached hydrogens (tertiary/aromatic N) is 4. The molecule has 7 heteroatoms. The average molecular weight is 368 g/mol. The molecular formula is C20H24N4O3. The lowest BCUT2D eigenvalue weighted by Crippen LogP contribution is -2.31. The molecule has 142 valence electrons. The molecule has 0 bridgehead atoms. The van der Waals surface area contributed by atoms with Gasteiger partial charge in [-0.25, -0.2) is 9.97 Å². The van der Waals surface area contributed by atoms with E-state index >= 15 is 0 Å². The predicted octanol–water partition coefficient (Wildman–Crippen LogP) is 2.84. The summed E-state index contributed by atoms with van der Waals surface area (Å²) in [6.07, 6.45) is 8.58. The molecule has 1 amide bonds. The van der Waals surface area contributed by atoms with E-state index in [1.807, 2.05) is 23.2 Å². The van der Waals surface area contributed by atoms with Gasteiger partial charge in [0.2, 0.25) is 5.76 Å². The van der Waals surface area contributed by atoms with Gasteiger partial charge in [-0.05, 0) is 37.8 Å². The zero-order valence-corrected chi connectivity index (χ0v) is 15.3. The summed E-state index contributed by atoms with van der Waals surface area (Å²) in [5.41, 5.74) is 0.827. The van der Waals surface area contributed by atoms with Crippen molar-refractivity contribution in [1.82, 2.24) is 14.9 Å². The van der Waals surface area contributed by atoms with Crippen LogP contribution >= 0.6 is 0 Å².